The largest absolute Gasteiger partial charge is 0.478 e. The van der Waals surface area contributed by atoms with Crippen molar-refractivity contribution in [3.63, 3.8) is 0 Å². The van der Waals surface area contributed by atoms with Gasteiger partial charge in [0.05, 0.1) is 11.3 Å². The summed E-state index contributed by atoms with van der Waals surface area (Å²) in [6.45, 7) is 1.86. The number of benzene rings is 4. The van der Waals surface area contributed by atoms with Crippen molar-refractivity contribution < 1.29 is 14.7 Å². The van der Waals surface area contributed by atoms with Gasteiger partial charge in [0.25, 0.3) is 0 Å². The molecular weight excluding hydrogens is 450 g/mol. The molecule has 0 aliphatic heterocycles. The summed E-state index contributed by atoms with van der Waals surface area (Å²) >= 11 is 0. The molecule has 1 amide bonds. The molecule has 2 N–H and O–H groups in total. The van der Waals surface area contributed by atoms with Crippen LogP contribution in [-0.2, 0) is 4.79 Å². The van der Waals surface area contributed by atoms with Gasteiger partial charge >= 0.3 is 5.97 Å². The van der Waals surface area contributed by atoms with E-state index in [9.17, 15) is 14.7 Å². The molecule has 1 heterocycles. The molecule has 1 aromatic heterocycles. The second-order valence-corrected chi connectivity index (χ2v) is 8.40. The number of carbonyl (C=O) groups is 2. The van der Waals surface area contributed by atoms with E-state index in [1.54, 1.807) is 24.5 Å². The lowest BCUT2D eigenvalue weighted by molar-refractivity contribution is -0.111. The zero-order chi connectivity index (χ0) is 25.1. The standard InChI is InChI=1S/C30H23N3O3/c1-20(23-12-11-21-7-5-6-10-24(21)18-23)17-28(34)32-27-14-13-25(19-26(27)30(35)36)33-16-15-31-29(33)22-8-3-2-4-9-22/h2-19H,1H3,(H,32,34)(H,35,36). The first-order chi connectivity index (χ1) is 17.5. The highest BCUT2D eigenvalue weighted by Crippen LogP contribution is 2.26. The molecule has 0 spiro atoms. The topological polar surface area (TPSA) is 84.2 Å². The minimum Gasteiger partial charge on any atom is -0.478 e. The average Bonchev–Trinajstić information content (AvgIpc) is 3.39. The van der Waals surface area contributed by atoms with Gasteiger partial charge in [-0.2, -0.15) is 0 Å². The highest BCUT2D eigenvalue weighted by Gasteiger charge is 2.16. The van der Waals surface area contributed by atoms with Crippen LogP contribution in [0.3, 0.4) is 0 Å². The molecule has 0 bridgehead atoms. The Balaban J connectivity index is 1.42. The van der Waals surface area contributed by atoms with Crippen LogP contribution in [0.1, 0.15) is 22.8 Å². The molecule has 0 aliphatic rings. The van der Waals surface area contributed by atoms with Gasteiger partial charge in [0.2, 0.25) is 5.91 Å². The number of aromatic carboxylic acids is 1. The van der Waals surface area contributed by atoms with Crippen molar-refractivity contribution >= 4 is 33.9 Å². The molecule has 0 atom stereocenters. The monoisotopic (exact) mass is 473 g/mol. The number of nitrogens with one attached hydrogen (secondary N) is 1. The van der Waals surface area contributed by atoms with Crippen LogP contribution in [0.15, 0.2) is 109 Å². The summed E-state index contributed by atoms with van der Waals surface area (Å²) in [6.07, 6.45) is 4.92. The van der Waals surface area contributed by atoms with Crippen molar-refractivity contribution in [2.75, 3.05) is 5.32 Å². The number of nitrogens with zero attached hydrogens (tertiary/aromatic N) is 2. The summed E-state index contributed by atoms with van der Waals surface area (Å²) in [6, 6.07) is 28.6. The number of aromatic nitrogens is 2. The summed E-state index contributed by atoms with van der Waals surface area (Å²) in [5, 5.41) is 14.8. The number of imidazole rings is 1. The van der Waals surface area contributed by atoms with E-state index >= 15 is 0 Å². The molecule has 6 nitrogen and oxygen atoms in total. The maximum Gasteiger partial charge on any atom is 0.337 e. The Morgan fingerprint density at radius 3 is 2.42 bits per heavy atom. The Labute approximate surface area is 208 Å². The van der Waals surface area contributed by atoms with Gasteiger partial charge in [-0.05, 0) is 53.1 Å². The van der Waals surface area contributed by atoms with Gasteiger partial charge in [0.15, 0.2) is 0 Å². The fraction of sp³-hybridized carbons (Fsp3) is 0.0333. The summed E-state index contributed by atoms with van der Waals surface area (Å²) < 4.78 is 1.82. The Morgan fingerprint density at radius 2 is 1.64 bits per heavy atom. The zero-order valence-corrected chi connectivity index (χ0v) is 19.6. The van der Waals surface area contributed by atoms with Crippen LogP contribution >= 0.6 is 0 Å². The molecule has 0 unspecified atom stereocenters. The van der Waals surface area contributed by atoms with Crippen LogP contribution in [0, 0.1) is 0 Å². The molecule has 0 saturated heterocycles. The number of fused-ring (bicyclic) bond motifs is 1. The normalized spacial score (nSPS) is 11.4. The first-order valence-corrected chi connectivity index (χ1v) is 11.4. The molecule has 0 radical (unpaired) electrons. The van der Waals surface area contributed by atoms with Crippen molar-refractivity contribution in [3.05, 3.63) is 121 Å². The number of carboxylic acid groups (broad SMARTS) is 1. The number of anilines is 1. The molecule has 0 aliphatic carbocycles. The Hall–Kier alpha value is -4.97. The minimum absolute atomic E-state index is 0.00896. The van der Waals surface area contributed by atoms with Gasteiger partial charge < -0.3 is 10.4 Å². The Bertz CT molecular complexity index is 1620. The van der Waals surface area contributed by atoms with E-state index in [1.807, 2.05) is 84.3 Å². The first kappa shape index (κ1) is 22.8. The predicted molar refractivity (Wildman–Crippen MR) is 142 cm³/mol. The molecule has 176 valence electrons. The summed E-state index contributed by atoms with van der Waals surface area (Å²) in [7, 11) is 0. The number of allylic oxidation sites excluding steroid dienone is 1. The van der Waals surface area contributed by atoms with Crippen LogP contribution in [0.4, 0.5) is 5.69 Å². The third kappa shape index (κ3) is 4.65. The van der Waals surface area contributed by atoms with Gasteiger partial charge in [0, 0.05) is 29.7 Å². The number of rotatable bonds is 6. The first-order valence-electron chi connectivity index (χ1n) is 11.4. The van der Waals surface area contributed by atoms with Crippen LogP contribution in [0.25, 0.3) is 33.4 Å². The third-order valence-electron chi connectivity index (χ3n) is 5.99. The van der Waals surface area contributed by atoms with Crippen molar-refractivity contribution in [1.82, 2.24) is 9.55 Å². The maximum absolute atomic E-state index is 12.8. The zero-order valence-electron chi connectivity index (χ0n) is 19.6. The van der Waals surface area contributed by atoms with Crippen LogP contribution in [0.2, 0.25) is 0 Å². The lowest BCUT2D eigenvalue weighted by Gasteiger charge is -2.12. The Kier molecular flexibility index (Phi) is 6.16. The quantitative estimate of drug-likeness (QED) is 0.278. The lowest BCUT2D eigenvalue weighted by atomic mass is 10.0. The SMILES string of the molecule is CC(=CC(=O)Nc1ccc(-n2ccnc2-c2ccccc2)cc1C(=O)O)c1ccc2ccccc2c1. The summed E-state index contributed by atoms with van der Waals surface area (Å²) in [4.78, 5) is 29.3. The molecule has 6 heteroatoms. The highest BCUT2D eigenvalue weighted by atomic mass is 16.4. The predicted octanol–water partition coefficient (Wildman–Crippen LogP) is 6.43. The minimum atomic E-state index is -1.14. The van der Waals surface area contributed by atoms with E-state index in [1.165, 1.54) is 12.1 Å². The maximum atomic E-state index is 12.8. The molecule has 36 heavy (non-hydrogen) atoms. The lowest BCUT2D eigenvalue weighted by Crippen LogP contribution is -2.13. The number of carboxylic acids is 1. The average molecular weight is 474 g/mol. The molecular formula is C30H23N3O3. The van der Waals surface area contributed by atoms with E-state index < -0.39 is 11.9 Å². The van der Waals surface area contributed by atoms with E-state index in [2.05, 4.69) is 10.3 Å². The highest BCUT2D eigenvalue weighted by molar-refractivity contribution is 6.07. The second kappa shape index (κ2) is 9.72. The van der Waals surface area contributed by atoms with Crippen molar-refractivity contribution in [2.24, 2.45) is 0 Å². The van der Waals surface area contributed by atoms with Crippen LogP contribution < -0.4 is 5.32 Å². The number of hydrogen-bond acceptors (Lipinski definition) is 3. The van der Waals surface area contributed by atoms with Gasteiger partial charge in [-0.25, -0.2) is 9.78 Å². The summed E-state index contributed by atoms with van der Waals surface area (Å²) in [5.74, 6) is -0.843. The molecule has 5 rings (SSSR count). The summed E-state index contributed by atoms with van der Waals surface area (Å²) in [5.41, 5.74) is 3.45. The van der Waals surface area contributed by atoms with E-state index in [-0.39, 0.29) is 11.3 Å². The third-order valence-corrected chi connectivity index (χ3v) is 5.99. The fourth-order valence-corrected chi connectivity index (χ4v) is 4.16. The smallest absolute Gasteiger partial charge is 0.337 e. The second-order valence-electron chi connectivity index (χ2n) is 8.40. The van der Waals surface area contributed by atoms with Crippen LogP contribution in [0.5, 0.6) is 0 Å². The number of amides is 1. The van der Waals surface area contributed by atoms with Gasteiger partial charge in [0.1, 0.15) is 5.82 Å². The molecule has 5 aromatic rings. The molecule has 4 aromatic carbocycles. The molecule has 0 saturated carbocycles. The van der Waals surface area contributed by atoms with Gasteiger partial charge in [-0.1, -0.05) is 66.7 Å². The van der Waals surface area contributed by atoms with Crippen molar-refractivity contribution in [3.8, 4) is 17.1 Å². The van der Waals surface area contributed by atoms with Crippen molar-refractivity contribution in [2.45, 2.75) is 6.92 Å². The Morgan fingerprint density at radius 1 is 0.889 bits per heavy atom. The number of hydrogen-bond donors (Lipinski definition) is 2. The number of carbonyl (C=O) groups excluding carboxylic acids is 1. The molecule has 0 fully saturated rings. The van der Waals surface area contributed by atoms with Gasteiger partial charge in [-0.15, -0.1) is 0 Å². The van der Waals surface area contributed by atoms with Gasteiger partial charge in [-0.3, -0.25) is 9.36 Å². The van der Waals surface area contributed by atoms with E-state index in [4.69, 9.17) is 0 Å². The van der Waals surface area contributed by atoms with Crippen molar-refractivity contribution in [1.29, 1.82) is 0 Å². The fourth-order valence-electron chi connectivity index (χ4n) is 4.16. The van der Waals surface area contributed by atoms with Crippen LogP contribution in [-0.4, -0.2) is 26.5 Å². The van der Waals surface area contributed by atoms with E-state index in [0.29, 0.717) is 11.5 Å². The van der Waals surface area contributed by atoms with E-state index in [0.717, 1.165) is 27.5 Å².